The Labute approximate surface area is 173 Å². The summed E-state index contributed by atoms with van der Waals surface area (Å²) in [7, 11) is 0. The number of carbonyl (C=O) groups excluding carboxylic acids is 2. The average molecular weight is 410 g/mol. The van der Waals surface area contributed by atoms with Crippen molar-refractivity contribution in [2.45, 2.75) is 77.0 Å². The van der Waals surface area contributed by atoms with Crippen LogP contribution in [0.2, 0.25) is 0 Å². The van der Waals surface area contributed by atoms with E-state index in [-0.39, 0.29) is 18.0 Å². The monoisotopic (exact) mass is 409 g/mol. The van der Waals surface area contributed by atoms with Gasteiger partial charge in [-0.2, -0.15) is 0 Å². The second-order valence-corrected chi connectivity index (χ2v) is 9.61. The van der Waals surface area contributed by atoms with E-state index in [4.69, 9.17) is 4.74 Å². The lowest BCUT2D eigenvalue weighted by Gasteiger charge is -2.52. The Kier molecular flexibility index (Phi) is 6.05. The van der Waals surface area contributed by atoms with E-state index in [9.17, 15) is 14.0 Å². The zero-order valence-corrected chi connectivity index (χ0v) is 17.9. The maximum atomic E-state index is 14.0. The zero-order valence-electron chi connectivity index (χ0n) is 17.9. The average Bonchev–Trinajstić information content (AvgIpc) is 3.31. The Morgan fingerprint density at radius 3 is 2.52 bits per heavy atom. The molecule has 4 fully saturated rings. The normalized spacial score (nSPS) is 35.9. The fraction of sp³-hybridized carbons (Fsp3) is 0.909. The third kappa shape index (κ3) is 4.12. The number of rotatable bonds is 4. The van der Waals surface area contributed by atoms with Crippen molar-refractivity contribution < 1.29 is 18.7 Å². The van der Waals surface area contributed by atoms with Crippen molar-refractivity contribution in [2.75, 3.05) is 39.3 Å². The third-order valence-electron chi connectivity index (χ3n) is 7.85. The van der Waals surface area contributed by atoms with Crippen LogP contribution < -0.4 is 0 Å². The Morgan fingerprint density at radius 1 is 1.14 bits per heavy atom. The first-order valence-corrected chi connectivity index (χ1v) is 11.5. The van der Waals surface area contributed by atoms with Gasteiger partial charge in [0.2, 0.25) is 5.91 Å². The van der Waals surface area contributed by atoms with E-state index in [0.29, 0.717) is 43.4 Å². The van der Waals surface area contributed by atoms with Crippen molar-refractivity contribution in [3.8, 4) is 0 Å². The Morgan fingerprint density at radius 2 is 1.86 bits per heavy atom. The minimum absolute atomic E-state index is 0.0975. The van der Waals surface area contributed by atoms with E-state index < -0.39 is 6.17 Å². The Balaban J connectivity index is 1.24. The Bertz CT molecular complexity index is 616. The number of likely N-dealkylation sites (tertiary alicyclic amines) is 3. The molecule has 0 aromatic rings. The highest BCUT2D eigenvalue weighted by Crippen LogP contribution is 2.51. The molecule has 29 heavy (non-hydrogen) atoms. The van der Waals surface area contributed by atoms with Gasteiger partial charge in [0.1, 0.15) is 6.17 Å². The summed E-state index contributed by atoms with van der Waals surface area (Å²) in [5.41, 5.74) is 0.297. The predicted octanol–water partition coefficient (Wildman–Crippen LogP) is 3.06. The van der Waals surface area contributed by atoms with Gasteiger partial charge in [-0.1, -0.05) is 6.92 Å². The van der Waals surface area contributed by atoms with Gasteiger partial charge in [-0.05, 0) is 63.5 Å². The number of hydrogen-bond acceptors (Lipinski definition) is 4. The van der Waals surface area contributed by atoms with Crippen molar-refractivity contribution in [3.63, 3.8) is 0 Å². The molecule has 0 unspecified atom stereocenters. The highest BCUT2D eigenvalue weighted by Gasteiger charge is 2.52. The van der Waals surface area contributed by atoms with Gasteiger partial charge in [-0.25, -0.2) is 9.18 Å². The van der Waals surface area contributed by atoms with Crippen LogP contribution in [0.3, 0.4) is 0 Å². The van der Waals surface area contributed by atoms with Crippen LogP contribution in [0, 0.1) is 11.3 Å². The minimum atomic E-state index is -0.857. The lowest BCUT2D eigenvalue weighted by molar-refractivity contribution is -0.133. The molecule has 7 heteroatoms. The maximum absolute atomic E-state index is 14.0. The summed E-state index contributed by atoms with van der Waals surface area (Å²) >= 11 is 0. The number of alkyl halides is 1. The molecule has 0 radical (unpaired) electrons. The molecule has 164 valence electrons. The number of ether oxygens (including phenoxy) is 1. The second kappa shape index (κ2) is 8.40. The number of piperidine rings is 1. The molecule has 6 nitrogen and oxygen atoms in total. The van der Waals surface area contributed by atoms with Gasteiger partial charge in [-0.3, -0.25) is 4.79 Å². The van der Waals surface area contributed by atoms with Gasteiger partial charge in [0.15, 0.2) is 0 Å². The van der Waals surface area contributed by atoms with Gasteiger partial charge >= 0.3 is 6.09 Å². The lowest BCUT2D eigenvalue weighted by Crippen LogP contribution is -2.55. The number of amides is 2. The molecule has 0 aromatic heterocycles. The molecule has 0 N–H and O–H groups in total. The summed E-state index contributed by atoms with van der Waals surface area (Å²) in [5.74, 6) is 0.535. The first-order valence-electron chi connectivity index (χ1n) is 11.5. The summed E-state index contributed by atoms with van der Waals surface area (Å²) in [4.78, 5) is 30.5. The molecule has 1 spiro atoms. The molecular weight excluding hydrogens is 373 g/mol. The molecule has 3 heterocycles. The van der Waals surface area contributed by atoms with Crippen molar-refractivity contribution in [1.29, 1.82) is 0 Å². The van der Waals surface area contributed by atoms with Crippen molar-refractivity contribution in [1.82, 2.24) is 14.7 Å². The fourth-order valence-electron chi connectivity index (χ4n) is 6.26. The molecule has 2 amide bonds. The highest BCUT2D eigenvalue weighted by atomic mass is 19.1. The van der Waals surface area contributed by atoms with Crippen molar-refractivity contribution in [3.05, 3.63) is 0 Å². The van der Waals surface area contributed by atoms with Crippen LogP contribution >= 0.6 is 0 Å². The molecule has 1 saturated carbocycles. The molecule has 2 atom stereocenters. The van der Waals surface area contributed by atoms with E-state index in [1.54, 1.807) is 0 Å². The van der Waals surface area contributed by atoms with Gasteiger partial charge in [0.25, 0.3) is 0 Å². The van der Waals surface area contributed by atoms with E-state index in [1.165, 1.54) is 12.8 Å². The van der Waals surface area contributed by atoms with Gasteiger partial charge < -0.3 is 19.4 Å². The highest BCUT2D eigenvalue weighted by molar-refractivity contribution is 5.76. The van der Waals surface area contributed by atoms with Crippen molar-refractivity contribution in [2.24, 2.45) is 11.3 Å². The van der Waals surface area contributed by atoms with E-state index in [0.717, 1.165) is 45.4 Å². The number of hydrogen-bond donors (Lipinski definition) is 0. The predicted molar refractivity (Wildman–Crippen MR) is 108 cm³/mol. The molecule has 4 rings (SSSR count). The summed E-state index contributed by atoms with van der Waals surface area (Å²) in [6.45, 7) is 8.21. The first kappa shape index (κ1) is 20.9. The van der Waals surface area contributed by atoms with Crippen LogP contribution in [0.15, 0.2) is 0 Å². The number of carbonyl (C=O) groups is 2. The second-order valence-electron chi connectivity index (χ2n) is 9.61. The summed E-state index contributed by atoms with van der Waals surface area (Å²) in [6, 6.07) is 0.712. The van der Waals surface area contributed by atoms with Gasteiger partial charge in [0.05, 0.1) is 13.2 Å². The number of nitrogens with zero attached hydrogens (tertiary/aromatic N) is 3. The van der Waals surface area contributed by atoms with Crippen LogP contribution in [0.25, 0.3) is 0 Å². The third-order valence-corrected chi connectivity index (χ3v) is 7.85. The Hall–Kier alpha value is -1.37. The maximum Gasteiger partial charge on any atom is 0.409 e. The standard InChI is InChI=1S/C22H36FN3O3/c1-3-20(27)26-14-17(23)11-19(26)16-5-8-24(9-6-16)18-12-22(13-18)7-10-25(15-22)21(28)29-4-2/h16-19H,3-15H2,1-2H3/t17-,18?,19-,22?/m0/s1. The SMILES string of the molecule is CCOC(=O)N1CCC2(CC(N3CCC([C@@H]4C[C@H](F)CN4C(=O)CC)CC3)C2)C1. The van der Waals surface area contributed by atoms with E-state index in [2.05, 4.69) is 4.90 Å². The fourth-order valence-corrected chi connectivity index (χ4v) is 6.26. The van der Waals surface area contributed by atoms with E-state index >= 15 is 0 Å². The molecular formula is C22H36FN3O3. The lowest BCUT2D eigenvalue weighted by atomic mass is 9.64. The van der Waals surface area contributed by atoms with Crippen molar-refractivity contribution >= 4 is 12.0 Å². The summed E-state index contributed by atoms with van der Waals surface area (Å²) in [5, 5.41) is 0. The minimum Gasteiger partial charge on any atom is -0.450 e. The van der Waals surface area contributed by atoms with Gasteiger partial charge in [0, 0.05) is 38.0 Å². The van der Waals surface area contributed by atoms with Crippen LogP contribution in [-0.2, 0) is 9.53 Å². The van der Waals surface area contributed by atoms with Crippen LogP contribution in [0.1, 0.15) is 58.8 Å². The van der Waals surface area contributed by atoms with Crippen LogP contribution in [0.5, 0.6) is 0 Å². The van der Waals surface area contributed by atoms with Crippen LogP contribution in [-0.4, -0.2) is 84.3 Å². The zero-order chi connectivity index (χ0) is 20.6. The summed E-state index contributed by atoms with van der Waals surface area (Å²) in [6.07, 6.45) is 5.52. The quantitative estimate of drug-likeness (QED) is 0.716. The molecule has 3 aliphatic heterocycles. The molecule has 0 aromatic carbocycles. The first-order chi connectivity index (χ1) is 13.9. The van der Waals surface area contributed by atoms with Crippen LogP contribution in [0.4, 0.5) is 9.18 Å². The topological polar surface area (TPSA) is 53.1 Å². The van der Waals surface area contributed by atoms with E-state index in [1.807, 2.05) is 23.6 Å². The molecule has 1 aliphatic carbocycles. The summed E-state index contributed by atoms with van der Waals surface area (Å²) < 4.78 is 19.2. The molecule has 0 bridgehead atoms. The molecule has 4 aliphatic rings. The smallest absolute Gasteiger partial charge is 0.409 e. The van der Waals surface area contributed by atoms with Gasteiger partial charge in [-0.15, -0.1) is 0 Å². The molecule has 3 saturated heterocycles. The largest absolute Gasteiger partial charge is 0.450 e. The number of halogens is 1.